The van der Waals surface area contributed by atoms with E-state index in [1.807, 2.05) is 12.1 Å². The van der Waals surface area contributed by atoms with Crippen LogP contribution in [0.3, 0.4) is 0 Å². The topological polar surface area (TPSA) is 61.4 Å². The molecule has 0 N–H and O–H groups in total. The number of fused-ring (bicyclic) bond motifs is 12. The van der Waals surface area contributed by atoms with Crippen LogP contribution in [0.4, 0.5) is 0 Å². The van der Waals surface area contributed by atoms with E-state index in [1.54, 1.807) is 0 Å². The Hall–Kier alpha value is -12.1. The maximum atomic E-state index is 5.21. The Morgan fingerprint density at radius 3 is 1.03 bits per heavy atom. The predicted molar refractivity (Wildman–Crippen MR) is 375 cm³/mol. The highest BCUT2D eigenvalue weighted by molar-refractivity contribution is 6.13. The standard InChI is InChI=1S/2C42H27N3/c1-2-13-29(14-3-1)40-37-25-24-28-12-4-5-19-34(28)41(37)44-42(43-40)32-17-10-15-30(26-32)31-16-11-18-33(27-31)45-38-22-8-6-20-35(38)36-21-7-9-23-39(36)45;1-2-11-31(12-3-1)40-37-27-24-30-10-4-5-13-34(30)41(37)44-42(43-40)32-20-18-28(19-21-32)29-22-25-33(26-23-29)45-38-16-8-6-14-35(38)36-15-7-9-17-39(36)45/h2*1-27H. The molecule has 0 aliphatic carbocycles. The lowest BCUT2D eigenvalue weighted by molar-refractivity contribution is 1.18. The van der Waals surface area contributed by atoms with E-state index in [0.717, 1.165) is 106 Å². The molecule has 6 nitrogen and oxygen atoms in total. The van der Waals surface area contributed by atoms with E-state index in [9.17, 15) is 0 Å². The zero-order valence-electron chi connectivity index (χ0n) is 48.9. The Balaban J connectivity index is 0.000000139. The van der Waals surface area contributed by atoms with Gasteiger partial charge in [0.25, 0.3) is 0 Å². The molecular weight excluding hydrogens is 1090 g/mol. The number of rotatable bonds is 8. The lowest BCUT2D eigenvalue weighted by Gasteiger charge is -2.13. The van der Waals surface area contributed by atoms with Gasteiger partial charge in [-0.15, -0.1) is 0 Å². The number of hydrogen-bond donors (Lipinski definition) is 0. The summed E-state index contributed by atoms with van der Waals surface area (Å²) in [5, 5.41) is 11.8. The lowest BCUT2D eigenvalue weighted by atomic mass is 10.00. The summed E-state index contributed by atoms with van der Waals surface area (Å²) in [6.07, 6.45) is 0. The first-order valence-corrected chi connectivity index (χ1v) is 30.5. The van der Waals surface area contributed by atoms with E-state index in [1.165, 1.54) is 59.9 Å². The van der Waals surface area contributed by atoms with Crippen molar-refractivity contribution < 1.29 is 0 Å². The van der Waals surface area contributed by atoms with Crippen LogP contribution in [0.25, 0.3) is 166 Å². The number of benzene rings is 14. The Morgan fingerprint density at radius 2 is 0.544 bits per heavy atom. The normalized spacial score (nSPS) is 11.6. The van der Waals surface area contributed by atoms with E-state index in [-0.39, 0.29) is 0 Å². The van der Waals surface area contributed by atoms with Crippen molar-refractivity contribution in [2.45, 2.75) is 0 Å². The molecule has 90 heavy (non-hydrogen) atoms. The van der Waals surface area contributed by atoms with Crippen molar-refractivity contribution in [3.05, 3.63) is 328 Å². The van der Waals surface area contributed by atoms with Crippen molar-refractivity contribution in [2.75, 3.05) is 0 Å². The van der Waals surface area contributed by atoms with E-state index >= 15 is 0 Å². The van der Waals surface area contributed by atoms with Crippen molar-refractivity contribution >= 4 is 87.0 Å². The van der Waals surface area contributed by atoms with Gasteiger partial charge >= 0.3 is 0 Å². The zero-order chi connectivity index (χ0) is 59.5. The monoisotopic (exact) mass is 1150 g/mol. The molecule has 0 radical (unpaired) electrons. The average Bonchev–Trinajstić information content (AvgIpc) is 1.74. The van der Waals surface area contributed by atoms with Crippen LogP contribution >= 0.6 is 0 Å². The third-order valence-corrected chi connectivity index (χ3v) is 17.6. The molecule has 18 aromatic rings. The highest BCUT2D eigenvalue weighted by Crippen LogP contribution is 2.39. The Bertz CT molecular complexity index is 5660. The second-order valence-corrected chi connectivity index (χ2v) is 22.9. The third kappa shape index (κ3) is 9.13. The maximum Gasteiger partial charge on any atom is 0.160 e. The lowest BCUT2D eigenvalue weighted by Crippen LogP contribution is -1.96. The zero-order valence-corrected chi connectivity index (χ0v) is 48.9. The second-order valence-electron chi connectivity index (χ2n) is 22.9. The smallest absolute Gasteiger partial charge is 0.160 e. The first-order valence-electron chi connectivity index (χ1n) is 30.5. The molecule has 0 bridgehead atoms. The summed E-state index contributed by atoms with van der Waals surface area (Å²) in [6, 6.07) is 116. The van der Waals surface area contributed by atoms with Crippen LogP contribution in [0.5, 0.6) is 0 Å². The number of nitrogens with zero attached hydrogens (tertiary/aromatic N) is 6. The van der Waals surface area contributed by atoms with E-state index in [0.29, 0.717) is 0 Å². The first kappa shape index (κ1) is 52.2. The largest absolute Gasteiger partial charge is 0.309 e. The van der Waals surface area contributed by atoms with E-state index < -0.39 is 0 Å². The van der Waals surface area contributed by atoms with Crippen LogP contribution in [0, 0.1) is 0 Å². The van der Waals surface area contributed by atoms with Crippen molar-refractivity contribution in [1.82, 2.24) is 29.1 Å². The van der Waals surface area contributed by atoms with E-state index in [2.05, 4.69) is 325 Å². The van der Waals surface area contributed by atoms with E-state index in [4.69, 9.17) is 19.9 Å². The molecule has 18 rings (SSSR count). The Labute approximate surface area is 519 Å². The van der Waals surface area contributed by atoms with Gasteiger partial charge in [0.15, 0.2) is 11.6 Å². The SMILES string of the molecule is c1ccc(-c2nc(-c3ccc(-c4ccc(-n5c6ccccc6c6ccccc65)cc4)cc3)nc3c2ccc2ccccc23)cc1.c1ccc(-c2nc(-c3cccc(-c4cccc(-n5c6ccccc6c6ccccc65)c4)c3)nc3c2ccc2ccccc23)cc1. The molecule has 6 heteroatoms. The van der Waals surface area contributed by atoms with Crippen LogP contribution in [0.1, 0.15) is 0 Å². The average molecular weight is 1150 g/mol. The van der Waals surface area contributed by atoms with Crippen LogP contribution in [-0.4, -0.2) is 29.1 Å². The van der Waals surface area contributed by atoms with Gasteiger partial charge in [-0.2, -0.15) is 0 Å². The highest BCUT2D eigenvalue weighted by Gasteiger charge is 2.19. The molecule has 14 aromatic carbocycles. The highest BCUT2D eigenvalue weighted by atomic mass is 15.0. The maximum absolute atomic E-state index is 5.21. The summed E-state index contributed by atoms with van der Waals surface area (Å²) in [6.45, 7) is 0. The van der Waals surface area contributed by atoms with Gasteiger partial charge in [-0.3, -0.25) is 0 Å². The number of aromatic nitrogens is 6. The van der Waals surface area contributed by atoms with Gasteiger partial charge in [0.1, 0.15) is 0 Å². The minimum Gasteiger partial charge on any atom is -0.309 e. The summed E-state index contributed by atoms with van der Waals surface area (Å²) in [7, 11) is 0. The Morgan fingerprint density at radius 1 is 0.189 bits per heavy atom. The predicted octanol–water partition coefficient (Wildman–Crippen LogP) is 21.8. The van der Waals surface area contributed by atoms with Gasteiger partial charge in [0.2, 0.25) is 0 Å². The molecule has 4 heterocycles. The minimum atomic E-state index is 0.720. The molecule has 0 spiro atoms. The molecule has 0 unspecified atom stereocenters. The van der Waals surface area contributed by atoms with Gasteiger partial charge in [0, 0.05) is 76.7 Å². The third-order valence-electron chi connectivity index (χ3n) is 17.6. The summed E-state index contributed by atoms with van der Waals surface area (Å²) < 4.78 is 4.71. The summed E-state index contributed by atoms with van der Waals surface area (Å²) >= 11 is 0. The fraction of sp³-hybridized carbons (Fsp3) is 0. The van der Waals surface area contributed by atoms with Crippen molar-refractivity contribution in [3.8, 4) is 78.9 Å². The van der Waals surface area contributed by atoms with Crippen LogP contribution < -0.4 is 0 Å². The Kier molecular flexibility index (Phi) is 12.8. The summed E-state index contributed by atoms with van der Waals surface area (Å²) in [5.41, 5.74) is 19.7. The molecule has 0 fully saturated rings. The van der Waals surface area contributed by atoms with Gasteiger partial charge in [-0.1, -0.05) is 261 Å². The molecule has 0 atom stereocenters. The van der Waals surface area contributed by atoms with Crippen LogP contribution in [-0.2, 0) is 0 Å². The molecule has 0 saturated heterocycles. The molecule has 4 aromatic heterocycles. The van der Waals surface area contributed by atoms with Gasteiger partial charge in [0.05, 0.1) is 44.5 Å². The quantitative estimate of drug-likeness (QED) is 0.142. The van der Waals surface area contributed by atoms with Gasteiger partial charge in [-0.05, 0) is 99.8 Å². The first-order chi connectivity index (χ1) is 44.6. The van der Waals surface area contributed by atoms with Crippen molar-refractivity contribution in [2.24, 2.45) is 0 Å². The van der Waals surface area contributed by atoms with Gasteiger partial charge in [-0.25, -0.2) is 19.9 Å². The molecule has 0 aliphatic rings. The molecule has 0 saturated carbocycles. The summed E-state index contributed by atoms with van der Waals surface area (Å²) in [5.74, 6) is 1.45. The molecule has 0 aliphatic heterocycles. The summed E-state index contributed by atoms with van der Waals surface area (Å²) in [4.78, 5) is 20.7. The molecule has 0 amide bonds. The second kappa shape index (κ2) is 22.0. The molecule has 420 valence electrons. The number of hydrogen-bond acceptors (Lipinski definition) is 4. The minimum absolute atomic E-state index is 0.720. The van der Waals surface area contributed by atoms with Gasteiger partial charge < -0.3 is 9.13 Å². The van der Waals surface area contributed by atoms with Crippen molar-refractivity contribution in [3.63, 3.8) is 0 Å². The van der Waals surface area contributed by atoms with Crippen LogP contribution in [0.15, 0.2) is 328 Å². The number of para-hydroxylation sites is 4. The van der Waals surface area contributed by atoms with Crippen molar-refractivity contribution in [1.29, 1.82) is 0 Å². The fourth-order valence-corrected chi connectivity index (χ4v) is 13.3. The molecular formula is C84H54N6. The fourth-order valence-electron chi connectivity index (χ4n) is 13.3. The van der Waals surface area contributed by atoms with Crippen LogP contribution in [0.2, 0.25) is 0 Å².